The second kappa shape index (κ2) is 7.26. The van der Waals surface area contributed by atoms with E-state index < -0.39 is 0 Å². The number of anilines is 1. The summed E-state index contributed by atoms with van der Waals surface area (Å²) < 4.78 is 0. The molecule has 0 radical (unpaired) electrons. The van der Waals surface area contributed by atoms with Gasteiger partial charge >= 0.3 is 0 Å². The lowest BCUT2D eigenvalue weighted by atomic mass is 9.96. The fourth-order valence-corrected chi connectivity index (χ4v) is 3.37. The zero-order chi connectivity index (χ0) is 14.5. The van der Waals surface area contributed by atoms with Gasteiger partial charge in [-0.05, 0) is 50.2 Å². The molecule has 3 heteroatoms. The van der Waals surface area contributed by atoms with Crippen LogP contribution in [0.1, 0.15) is 57.6 Å². The summed E-state index contributed by atoms with van der Waals surface area (Å²) in [6.45, 7) is 5.58. The van der Waals surface area contributed by atoms with Crippen LogP contribution in [0.25, 0.3) is 0 Å². The van der Waals surface area contributed by atoms with Gasteiger partial charge < -0.3 is 10.2 Å². The normalized spacial score (nSPS) is 23.1. The number of hydrogen-bond donors (Lipinski definition) is 1. The van der Waals surface area contributed by atoms with Crippen LogP contribution in [-0.4, -0.2) is 24.1 Å². The molecule has 0 amide bonds. The maximum Gasteiger partial charge on any atom is 0.128 e. The highest BCUT2D eigenvalue weighted by Gasteiger charge is 2.21. The molecule has 1 unspecified atom stereocenters. The van der Waals surface area contributed by atoms with Gasteiger partial charge in [0.15, 0.2) is 0 Å². The highest BCUT2D eigenvalue weighted by atomic mass is 15.2. The molecule has 1 aromatic heterocycles. The third-order valence-electron chi connectivity index (χ3n) is 4.81. The van der Waals surface area contributed by atoms with E-state index in [0.717, 1.165) is 18.5 Å². The molecule has 2 fully saturated rings. The van der Waals surface area contributed by atoms with E-state index in [1.807, 2.05) is 0 Å². The van der Waals surface area contributed by atoms with Crippen LogP contribution in [0.5, 0.6) is 0 Å². The summed E-state index contributed by atoms with van der Waals surface area (Å²) in [7, 11) is 0. The summed E-state index contributed by atoms with van der Waals surface area (Å²) in [5.41, 5.74) is 1.19. The van der Waals surface area contributed by atoms with E-state index in [4.69, 9.17) is 4.98 Å². The number of nitrogens with zero attached hydrogens (tertiary/aromatic N) is 2. The van der Waals surface area contributed by atoms with Crippen molar-refractivity contribution in [3.63, 3.8) is 0 Å². The van der Waals surface area contributed by atoms with Crippen molar-refractivity contribution in [2.45, 2.75) is 64.5 Å². The van der Waals surface area contributed by atoms with Gasteiger partial charge in [-0.15, -0.1) is 0 Å². The van der Waals surface area contributed by atoms with E-state index in [2.05, 4.69) is 35.3 Å². The summed E-state index contributed by atoms with van der Waals surface area (Å²) in [6, 6.07) is 7.25. The molecule has 2 aliphatic rings. The Kier molecular flexibility index (Phi) is 5.13. The molecule has 0 bridgehead atoms. The Bertz CT molecular complexity index is 442. The minimum absolute atomic E-state index is 0.753. The van der Waals surface area contributed by atoms with E-state index in [0.29, 0.717) is 0 Å². The van der Waals surface area contributed by atoms with Crippen molar-refractivity contribution in [2.75, 3.05) is 18.0 Å². The Morgan fingerprint density at radius 3 is 2.90 bits per heavy atom. The Labute approximate surface area is 129 Å². The lowest BCUT2D eigenvalue weighted by Gasteiger charge is -2.22. The van der Waals surface area contributed by atoms with Crippen LogP contribution in [0.15, 0.2) is 18.2 Å². The lowest BCUT2D eigenvalue weighted by Crippen LogP contribution is -2.26. The standard InChI is InChI=1S/C18H29N3/c1-2-5-15-6-4-12-21(13-11-15)18-8-3-7-17(20-18)14-19-16-9-10-16/h3,7-8,15-16,19H,2,4-6,9-14H2,1H3. The van der Waals surface area contributed by atoms with Crippen LogP contribution in [0, 0.1) is 5.92 Å². The first-order chi connectivity index (χ1) is 10.3. The highest BCUT2D eigenvalue weighted by Crippen LogP contribution is 2.25. The van der Waals surface area contributed by atoms with Crippen molar-refractivity contribution in [3.05, 3.63) is 23.9 Å². The monoisotopic (exact) mass is 287 g/mol. The molecular weight excluding hydrogens is 258 g/mol. The Hall–Kier alpha value is -1.09. The minimum atomic E-state index is 0.753. The van der Waals surface area contributed by atoms with Gasteiger partial charge in [-0.3, -0.25) is 0 Å². The molecule has 116 valence electrons. The van der Waals surface area contributed by atoms with Gasteiger partial charge in [0.1, 0.15) is 5.82 Å². The molecule has 1 aliphatic heterocycles. The Morgan fingerprint density at radius 1 is 1.19 bits per heavy atom. The van der Waals surface area contributed by atoms with Crippen LogP contribution >= 0.6 is 0 Å². The van der Waals surface area contributed by atoms with E-state index in [1.54, 1.807) is 0 Å². The summed E-state index contributed by atoms with van der Waals surface area (Å²) in [5.74, 6) is 2.11. The molecule has 3 nitrogen and oxygen atoms in total. The number of pyridine rings is 1. The summed E-state index contributed by atoms with van der Waals surface area (Å²) >= 11 is 0. The first-order valence-corrected chi connectivity index (χ1v) is 8.79. The second-order valence-corrected chi connectivity index (χ2v) is 6.71. The summed E-state index contributed by atoms with van der Waals surface area (Å²) in [5, 5.41) is 3.56. The molecule has 2 heterocycles. The Balaban J connectivity index is 1.58. The van der Waals surface area contributed by atoms with Crippen molar-refractivity contribution in [1.82, 2.24) is 10.3 Å². The largest absolute Gasteiger partial charge is 0.357 e. The summed E-state index contributed by atoms with van der Waals surface area (Å²) in [4.78, 5) is 7.37. The average molecular weight is 287 g/mol. The van der Waals surface area contributed by atoms with E-state index in [9.17, 15) is 0 Å². The molecule has 1 atom stereocenters. The van der Waals surface area contributed by atoms with Gasteiger partial charge in [0, 0.05) is 25.7 Å². The van der Waals surface area contributed by atoms with Crippen molar-refractivity contribution in [1.29, 1.82) is 0 Å². The second-order valence-electron chi connectivity index (χ2n) is 6.71. The highest BCUT2D eigenvalue weighted by molar-refractivity contribution is 5.39. The molecule has 1 aliphatic carbocycles. The molecular formula is C18H29N3. The number of aromatic nitrogens is 1. The quantitative estimate of drug-likeness (QED) is 0.864. The number of hydrogen-bond acceptors (Lipinski definition) is 3. The van der Waals surface area contributed by atoms with Gasteiger partial charge in [-0.25, -0.2) is 4.98 Å². The number of nitrogens with one attached hydrogen (secondary N) is 1. The average Bonchev–Trinajstić information content (AvgIpc) is 3.33. The van der Waals surface area contributed by atoms with Crippen LogP contribution in [-0.2, 0) is 6.54 Å². The predicted octanol–water partition coefficient (Wildman–Crippen LogP) is 3.74. The molecule has 1 aromatic rings. The van der Waals surface area contributed by atoms with Gasteiger partial charge in [-0.2, -0.15) is 0 Å². The van der Waals surface area contributed by atoms with Gasteiger partial charge in [-0.1, -0.05) is 25.8 Å². The SMILES string of the molecule is CCCC1CCCN(c2cccc(CNC3CC3)n2)CC1. The van der Waals surface area contributed by atoms with Gasteiger partial charge in [0.05, 0.1) is 5.69 Å². The first-order valence-electron chi connectivity index (χ1n) is 8.79. The molecule has 21 heavy (non-hydrogen) atoms. The van der Waals surface area contributed by atoms with Crippen LogP contribution in [0.2, 0.25) is 0 Å². The van der Waals surface area contributed by atoms with Crippen molar-refractivity contribution in [3.8, 4) is 0 Å². The maximum atomic E-state index is 4.87. The maximum absolute atomic E-state index is 4.87. The Morgan fingerprint density at radius 2 is 2.10 bits per heavy atom. The molecule has 0 aromatic carbocycles. The van der Waals surface area contributed by atoms with E-state index in [1.165, 1.54) is 69.5 Å². The van der Waals surface area contributed by atoms with Crippen LogP contribution in [0.4, 0.5) is 5.82 Å². The van der Waals surface area contributed by atoms with Crippen molar-refractivity contribution < 1.29 is 0 Å². The molecule has 1 saturated heterocycles. The molecule has 1 saturated carbocycles. The van der Waals surface area contributed by atoms with Crippen LogP contribution < -0.4 is 10.2 Å². The molecule has 1 N–H and O–H groups in total. The third kappa shape index (κ3) is 4.44. The smallest absolute Gasteiger partial charge is 0.128 e. The van der Waals surface area contributed by atoms with E-state index in [-0.39, 0.29) is 0 Å². The minimum Gasteiger partial charge on any atom is -0.357 e. The van der Waals surface area contributed by atoms with Crippen molar-refractivity contribution in [2.24, 2.45) is 5.92 Å². The van der Waals surface area contributed by atoms with Gasteiger partial charge in [0.2, 0.25) is 0 Å². The number of rotatable bonds is 6. The van der Waals surface area contributed by atoms with Gasteiger partial charge in [0.25, 0.3) is 0 Å². The summed E-state index contributed by atoms with van der Waals surface area (Å²) in [6.07, 6.45) is 9.44. The lowest BCUT2D eigenvalue weighted by molar-refractivity contribution is 0.435. The fraction of sp³-hybridized carbons (Fsp3) is 0.722. The predicted molar refractivity (Wildman–Crippen MR) is 88.6 cm³/mol. The first kappa shape index (κ1) is 14.8. The van der Waals surface area contributed by atoms with Crippen LogP contribution in [0.3, 0.4) is 0 Å². The fourth-order valence-electron chi connectivity index (χ4n) is 3.37. The zero-order valence-electron chi connectivity index (χ0n) is 13.4. The third-order valence-corrected chi connectivity index (χ3v) is 4.81. The van der Waals surface area contributed by atoms with E-state index >= 15 is 0 Å². The molecule has 3 rings (SSSR count). The molecule has 0 spiro atoms. The van der Waals surface area contributed by atoms with Crippen molar-refractivity contribution >= 4 is 5.82 Å². The topological polar surface area (TPSA) is 28.2 Å². The zero-order valence-corrected chi connectivity index (χ0v) is 13.4.